The second-order valence-electron chi connectivity index (χ2n) is 4.92. The number of carbonyl (C=O) groups is 1. The molecule has 1 aromatic heterocycles. The molecule has 0 bridgehead atoms. The van der Waals surface area contributed by atoms with E-state index in [2.05, 4.69) is 10.3 Å². The van der Waals surface area contributed by atoms with Gasteiger partial charge in [-0.1, -0.05) is 6.07 Å². The van der Waals surface area contributed by atoms with E-state index < -0.39 is 0 Å². The zero-order valence-corrected chi connectivity index (χ0v) is 12.4. The summed E-state index contributed by atoms with van der Waals surface area (Å²) in [5.74, 6) is 0.724. The second-order valence-corrected chi connectivity index (χ2v) is 5.64. The summed E-state index contributed by atoms with van der Waals surface area (Å²) in [6, 6.07) is 7.40. The molecule has 1 N–H and O–H groups in total. The molecule has 2 heterocycles. The lowest BCUT2D eigenvalue weighted by Gasteiger charge is -2.16. The highest BCUT2D eigenvalue weighted by Crippen LogP contribution is 2.19. The van der Waals surface area contributed by atoms with Crippen molar-refractivity contribution in [1.29, 1.82) is 0 Å². The van der Waals surface area contributed by atoms with Gasteiger partial charge in [-0.3, -0.25) is 0 Å². The van der Waals surface area contributed by atoms with E-state index in [9.17, 15) is 4.79 Å². The first-order chi connectivity index (χ1) is 10.3. The summed E-state index contributed by atoms with van der Waals surface area (Å²) in [7, 11) is 0. The number of nitrogens with one attached hydrogen (secondary N) is 1. The van der Waals surface area contributed by atoms with Crippen LogP contribution in [0.5, 0.6) is 5.75 Å². The van der Waals surface area contributed by atoms with E-state index in [1.54, 1.807) is 16.8 Å². The molecule has 5 nitrogen and oxygen atoms in total. The Kier molecular flexibility index (Phi) is 4.35. The van der Waals surface area contributed by atoms with Crippen molar-refractivity contribution in [3.05, 3.63) is 40.8 Å². The van der Waals surface area contributed by atoms with Crippen LogP contribution in [0.3, 0.4) is 0 Å². The Morgan fingerprint density at radius 1 is 1.38 bits per heavy atom. The highest BCUT2D eigenvalue weighted by Gasteiger charge is 2.17. The summed E-state index contributed by atoms with van der Waals surface area (Å²) in [5, 5.41) is 4.87. The normalized spacial score (nSPS) is 14.2. The van der Waals surface area contributed by atoms with E-state index in [4.69, 9.17) is 4.74 Å². The minimum Gasteiger partial charge on any atom is -0.487 e. The molecule has 3 rings (SSSR count). The van der Waals surface area contributed by atoms with Gasteiger partial charge in [-0.2, -0.15) is 0 Å². The van der Waals surface area contributed by atoms with Crippen molar-refractivity contribution in [3.8, 4) is 5.75 Å². The van der Waals surface area contributed by atoms with Gasteiger partial charge >= 0.3 is 6.03 Å². The molecule has 1 aliphatic heterocycles. The number of ether oxygens (including phenoxy) is 1. The molecule has 2 amide bonds. The van der Waals surface area contributed by atoms with Gasteiger partial charge in [0.25, 0.3) is 0 Å². The first kappa shape index (κ1) is 13.9. The van der Waals surface area contributed by atoms with E-state index in [0.717, 1.165) is 43.1 Å². The Bertz CT molecular complexity index is 595. The fourth-order valence-electron chi connectivity index (χ4n) is 2.25. The van der Waals surface area contributed by atoms with Crippen LogP contribution in [0.25, 0.3) is 0 Å². The Labute approximate surface area is 127 Å². The zero-order chi connectivity index (χ0) is 14.5. The molecule has 0 radical (unpaired) electrons. The molecule has 0 saturated carbocycles. The molecule has 1 aromatic carbocycles. The third kappa shape index (κ3) is 3.72. The van der Waals surface area contributed by atoms with Crippen LogP contribution >= 0.6 is 11.3 Å². The Morgan fingerprint density at radius 2 is 2.24 bits per heavy atom. The van der Waals surface area contributed by atoms with Crippen LogP contribution in [0.1, 0.15) is 18.5 Å². The molecule has 0 unspecified atom stereocenters. The summed E-state index contributed by atoms with van der Waals surface area (Å²) in [4.78, 5) is 18.0. The number of aromatic nitrogens is 1. The van der Waals surface area contributed by atoms with Gasteiger partial charge in [-0.05, 0) is 25.0 Å². The Morgan fingerprint density at radius 3 is 3.00 bits per heavy atom. The number of nitrogens with zero attached hydrogens (tertiary/aromatic N) is 2. The van der Waals surface area contributed by atoms with Gasteiger partial charge in [-0.25, -0.2) is 9.78 Å². The summed E-state index contributed by atoms with van der Waals surface area (Å²) >= 11 is 1.55. The molecule has 21 heavy (non-hydrogen) atoms. The fourth-order valence-corrected chi connectivity index (χ4v) is 2.80. The number of amides is 2. The van der Waals surface area contributed by atoms with Crippen LogP contribution < -0.4 is 10.1 Å². The molecular formula is C15H17N3O2S. The monoisotopic (exact) mass is 303 g/mol. The molecule has 1 saturated heterocycles. The minimum absolute atomic E-state index is 0.0378. The van der Waals surface area contributed by atoms with E-state index in [-0.39, 0.29) is 6.03 Å². The summed E-state index contributed by atoms with van der Waals surface area (Å²) in [6.45, 7) is 2.12. The maximum absolute atomic E-state index is 12.0. The predicted octanol–water partition coefficient (Wildman–Crippen LogP) is 3.35. The Balaban J connectivity index is 1.58. The topological polar surface area (TPSA) is 54.5 Å². The van der Waals surface area contributed by atoms with Crippen molar-refractivity contribution in [2.45, 2.75) is 19.4 Å². The van der Waals surface area contributed by atoms with Crippen molar-refractivity contribution >= 4 is 23.1 Å². The highest BCUT2D eigenvalue weighted by atomic mass is 32.1. The standard InChI is InChI=1S/C15H17N3O2S/c19-15(18-6-1-2-7-18)17-12-4-3-5-14(8-12)20-9-13-10-21-11-16-13/h3-5,8,10-11H,1-2,6-7,9H2,(H,17,19). The summed E-state index contributed by atoms with van der Waals surface area (Å²) in [6.07, 6.45) is 2.18. The minimum atomic E-state index is -0.0378. The maximum atomic E-state index is 12.0. The lowest BCUT2D eigenvalue weighted by atomic mass is 10.3. The van der Waals surface area contributed by atoms with Gasteiger partial charge in [0, 0.05) is 30.2 Å². The van der Waals surface area contributed by atoms with E-state index in [1.165, 1.54) is 0 Å². The first-order valence-electron chi connectivity index (χ1n) is 6.97. The van der Waals surface area contributed by atoms with Crippen molar-refractivity contribution in [1.82, 2.24) is 9.88 Å². The van der Waals surface area contributed by atoms with Gasteiger partial charge in [0.15, 0.2) is 0 Å². The highest BCUT2D eigenvalue weighted by molar-refractivity contribution is 7.07. The quantitative estimate of drug-likeness (QED) is 0.942. The van der Waals surface area contributed by atoms with Gasteiger partial charge in [0.2, 0.25) is 0 Å². The van der Waals surface area contributed by atoms with Gasteiger partial charge in [0.05, 0.1) is 11.2 Å². The van der Waals surface area contributed by atoms with Crippen LogP contribution in [0.15, 0.2) is 35.2 Å². The molecular weight excluding hydrogens is 286 g/mol. The number of hydrogen-bond acceptors (Lipinski definition) is 4. The van der Waals surface area contributed by atoms with Crippen molar-refractivity contribution in [2.75, 3.05) is 18.4 Å². The lowest BCUT2D eigenvalue weighted by molar-refractivity contribution is 0.222. The third-order valence-electron chi connectivity index (χ3n) is 3.35. The largest absolute Gasteiger partial charge is 0.487 e. The number of benzene rings is 1. The smallest absolute Gasteiger partial charge is 0.321 e. The summed E-state index contributed by atoms with van der Waals surface area (Å²) < 4.78 is 5.68. The number of carbonyl (C=O) groups excluding carboxylic acids is 1. The van der Waals surface area contributed by atoms with Crippen LogP contribution in [-0.2, 0) is 6.61 Å². The van der Waals surface area contributed by atoms with Crippen molar-refractivity contribution in [3.63, 3.8) is 0 Å². The van der Waals surface area contributed by atoms with Crippen LogP contribution in [0, 0.1) is 0 Å². The number of anilines is 1. The van der Waals surface area contributed by atoms with Crippen LogP contribution in [-0.4, -0.2) is 29.0 Å². The zero-order valence-electron chi connectivity index (χ0n) is 11.6. The average Bonchev–Trinajstić information content (AvgIpc) is 3.19. The van der Waals surface area contributed by atoms with E-state index in [1.807, 2.05) is 34.5 Å². The van der Waals surface area contributed by atoms with Gasteiger partial charge < -0.3 is 15.0 Å². The fraction of sp³-hybridized carbons (Fsp3) is 0.333. The predicted molar refractivity (Wildman–Crippen MR) is 82.7 cm³/mol. The molecule has 2 aromatic rings. The summed E-state index contributed by atoms with van der Waals surface area (Å²) in [5.41, 5.74) is 3.44. The van der Waals surface area contributed by atoms with E-state index in [0.29, 0.717) is 6.61 Å². The average molecular weight is 303 g/mol. The number of thiazole rings is 1. The van der Waals surface area contributed by atoms with E-state index >= 15 is 0 Å². The number of likely N-dealkylation sites (tertiary alicyclic amines) is 1. The number of rotatable bonds is 4. The van der Waals surface area contributed by atoms with Gasteiger partial charge in [0.1, 0.15) is 12.4 Å². The van der Waals surface area contributed by atoms with Crippen molar-refractivity contribution < 1.29 is 9.53 Å². The van der Waals surface area contributed by atoms with Crippen LogP contribution in [0.2, 0.25) is 0 Å². The first-order valence-corrected chi connectivity index (χ1v) is 7.91. The van der Waals surface area contributed by atoms with Gasteiger partial charge in [-0.15, -0.1) is 11.3 Å². The van der Waals surface area contributed by atoms with Crippen molar-refractivity contribution in [2.24, 2.45) is 0 Å². The lowest BCUT2D eigenvalue weighted by Crippen LogP contribution is -2.32. The molecule has 0 spiro atoms. The second kappa shape index (κ2) is 6.58. The molecule has 1 fully saturated rings. The Hall–Kier alpha value is -2.08. The van der Waals surface area contributed by atoms with Crippen LogP contribution in [0.4, 0.5) is 10.5 Å². The molecule has 6 heteroatoms. The molecule has 1 aliphatic rings. The number of hydrogen-bond donors (Lipinski definition) is 1. The molecule has 0 atom stereocenters. The SMILES string of the molecule is O=C(Nc1cccc(OCc2cscn2)c1)N1CCCC1. The third-order valence-corrected chi connectivity index (χ3v) is 3.98. The number of urea groups is 1. The maximum Gasteiger partial charge on any atom is 0.321 e. The molecule has 110 valence electrons. The molecule has 0 aliphatic carbocycles.